The summed E-state index contributed by atoms with van der Waals surface area (Å²) in [7, 11) is 1.69. The van der Waals surface area contributed by atoms with Crippen LogP contribution in [0.1, 0.15) is 16.7 Å². The highest BCUT2D eigenvalue weighted by Gasteiger charge is 2.01. The molecule has 0 heterocycles. The Morgan fingerprint density at radius 1 is 1.05 bits per heavy atom. The third-order valence-corrected chi connectivity index (χ3v) is 2.98. The number of benzene rings is 2. The van der Waals surface area contributed by atoms with E-state index in [2.05, 4.69) is 36.4 Å². The van der Waals surface area contributed by atoms with Gasteiger partial charge in [-0.15, -0.1) is 0 Å². The van der Waals surface area contributed by atoms with Gasteiger partial charge in [-0.05, 0) is 36.2 Å². The summed E-state index contributed by atoms with van der Waals surface area (Å²) >= 11 is 0. The molecule has 19 heavy (non-hydrogen) atoms. The van der Waals surface area contributed by atoms with E-state index in [0.717, 1.165) is 17.7 Å². The van der Waals surface area contributed by atoms with Gasteiger partial charge in [0.15, 0.2) is 0 Å². The quantitative estimate of drug-likeness (QED) is 0.829. The molecule has 2 aromatic carbocycles. The molecule has 2 nitrogen and oxygen atoms in total. The Morgan fingerprint density at radius 2 is 1.84 bits per heavy atom. The summed E-state index contributed by atoms with van der Waals surface area (Å²) in [5.74, 6) is 0.882. The molecule has 0 unspecified atom stereocenters. The molecule has 2 N–H and O–H groups in total. The van der Waals surface area contributed by atoms with Crippen molar-refractivity contribution >= 4 is 12.2 Å². The average molecular weight is 253 g/mol. The second kappa shape index (κ2) is 6.76. The zero-order valence-electron chi connectivity index (χ0n) is 11.2. The minimum atomic E-state index is 0.661. The molecule has 0 bridgehead atoms. The van der Waals surface area contributed by atoms with Gasteiger partial charge in [0.25, 0.3) is 0 Å². The lowest BCUT2D eigenvalue weighted by molar-refractivity contribution is 0.413. The minimum Gasteiger partial charge on any atom is -0.496 e. The van der Waals surface area contributed by atoms with Crippen LogP contribution in [0, 0.1) is 0 Å². The SMILES string of the molecule is COc1ccc(CCN)cc1C=Cc1ccccc1. The molecule has 0 aliphatic heterocycles. The lowest BCUT2D eigenvalue weighted by Crippen LogP contribution is -2.02. The van der Waals surface area contributed by atoms with Crippen molar-refractivity contribution in [2.45, 2.75) is 6.42 Å². The maximum absolute atomic E-state index is 5.60. The predicted octanol–water partition coefficient (Wildman–Crippen LogP) is 3.37. The molecule has 98 valence electrons. The van der Waals surface area contributed by atoms with E-state index in [1.807, 2.05) is 24.3 Å². The van der Waals surface area contributed by atoms with Gasteiger partial charge in [0.1, 0.15) is 5.75 Å². The van der Waals surface area contributed by atoms with Crippen LogP contribution in [0.25, 0.3) is 12.2 Å². The van der Waals surface area contributed by atoms with E-state index in [-0.39, 0.29) is 0 Å². The molecule has 0 aliphatic rings. The molecule has 2 heteroatoms. The number of ether oxygens (including phenoxy) is 1. The van der Waals surface area contributed by atoms with Crippen LogP contribution < -0.4 is 10.5 Å². The first-order valence-corrected chi connectivity index (χ1v) is 6.43. The molecule has 0 spiro atoms. The lowest BCUT2D eigenvalue weighted by atomic mass is 10.1. The van der Waals surface area contributed by atoms with Crippen LogP contribution >= 0.6 is 0 Å². The molecule has 0 saturated heterocycles. The number of hydrogen-bond donors (Lipinski definition) is 1. The third kappa shape index (κ3) is 3.70. The summed E-state index contributed by atoms with van der Waals surface area (Å²) in [6.07, 6.45) is 5.05. The molecular weight excluding hydrogens is 234 g/mol. The van der Waals surface area contributed by atoms with E-state index in [1.165, 1.54) is 11.1 Å². The van der Waals surface area contributed by atoms with Crippen molar-refractivity contribution in [2.75, 3.05) is 13.7 Å². The van der Waals surface area contributed by atoms with E-state index < -0.39 is 0 Å². The van der Waals surface area contributed by atoms with Crippen molar-refractivity contribution in [2.24, 2.45) is 5.73 Å². The largest absolute Gasteiger partial charge is 0.496 e. The molecule has 2 rings (SSSR count). The first-order valence-electron chi connectivity index (χ1n) is 6.43. The fourth-order valence-corrected chi connectivity index (χ4v) is 1.99. The average Bonchev–Trinajstić information content (AvgIpc) is 2.47. The van der Waals surface area contributed by atoms with Crippen LogP contribution in [-0.4, -0.2) is 13.7 Å². The zero-order chi connectivity index (χ0) is 13.5. The standard InChI is InChI=1S/C17H19NO/c1-19-17-10-8-15(11-12-18)13-16(17)9-7-14-5-3-2-4-6-14/h2-10,13H,11-12,18H2,1H3. The predicted molar refractivity (Wildman–Crippen MR) is 81.1 cm³/mol. The van der Waals surface area contributed by atoms with Crippen molar-refractivity contribution in [1.29, 1.82) is 0 Å². The Morgan fingerprint density at radius 3 is 2.53 bits per heavy atom. The molecule has 2 aromatic rings. The van der Waals surface area contributed by atoms with Crippen LogP contribution in [0.5, 0.6) is 5.75 Å². The number of hydrogen-bond acceptors (Lipinski definition) is 2. The summed E-state index contributed by atoms with van der Waals surface area (Å²) in [6.45, 7) is 0.661. The first-order chi connectivity index (χ1) is 9.33. The second-order valence-electron chi connectivity index (χ2n) is 4.36. The normalized spacial score (nSPS) is 10.8. The van der Waals surface area contributed by atoms with Crippen molar-refractivity contribution in [3.05, 3.63) is 65.2 Å². The van der Waals surface area contributed by atoms with Crippen molar-refractivity contribution in [1.82, 2.24) is 0 Å². The van der Waals surface area contributed by atoms with Gasteiger partial charge >= 0.3 is 0 Å². The summed E-state index contributed by atoms with van der Waals surface area (Å²) in [4.78, 5) is 0. The molecular formula is C17H19NO. The highest BCUT2D eigenvalue weighted by molar-refractivity contribution is 5.72. The van der Waals surface area contributed by atoms with Crippen LogP contribution in [0.3, 0.4) is 0 Å². The highest BCUT2D eigenvalue weighted by Crippen LogP contribution is 2.22. The summed E-state index contributed by atoms with van der Waals surface area (Å²) < 4.78 is 5.38. The summed E-state index contributed by atoms with van der Waals surface area (Å²) in [5.41, 5.74) is 9.08. The number of rotatable bonds is 5. The van der Waals surface area contributed by atoms with E-state index in [4.69, 9.17) is 10.5 Å². The Hall–Kier alpha value is -2.06. The summed E-state index contributed by atoms with van der Waals surface area (Å²) in [5, 5.41) is 0. The second-order valence-corrected chi connectivity index (χ2v) is 4.36. The van der Waals surface area contributed by atoms with E-state index in [1.54, 1.807) is 7.11 Å². The van der Waals surface area contributed by atoms with Gasteiger partial charge in [0, 0.05) is 5.56 Å². The Bertz CT molecular complexity index is 546. The fourth-order valence-electron chi connectivity index (χ4n) is 1.99. The Balaban J connectivity index is 2.27. The van der Waals surface area contributed by atoms with Gasteiger partial charge in [-0.3, -0.25) is 0 Å². The maximum Gasteiger partial charge on any atom is 0.126 e. The molecule has 0 aromatic heterocycles. The monoisotopic (exact) mass is 253 g/mol. The maximum atomic E-state index is 5.60. The van der Waals surface area contributed by atoms with E-state index in [9.17, 15) is 0 Å². The Labute approximate surface area is 114 Å². The molecule has 0 fully saturated rings. The first kappa shape index (κ1) is 13.4. The summed E-state index contributed by atoms with van der Waals surface area (Å²) in [6, 6.07) is 16.4. The third-order valence-electron chi connectivity index (χ3n) is 2.98. The van der Waals surface area contributed by atoms with Gasteiger partial charge in [0.05, 0.1) is 7.11 Å². The van der Waals surface area contributed by atoms with E-state index in [0.29, 0.717) is 6.54 Å². The van der Waals surface area contributed by atoms with Crippen molar-refractivity contribution in [3.63, 3.8) is 0 Å². The molecule has 0 aliphatic carbocycles. The van der Waals surface area contributed by atoms with Crippen LogP contribution in [0.15, 0.2) is 48.5 Å². The van der Waals surface area contributed by atoms with Gasteiger partial charge in [-0.1, -0.05) is 48.6 Å². The fraction of sp³-hybridized carbons (Fsp3) is 0.176. The van der Waals surface area contributed by atoms with Gasteiger partial charge in [-0.2, -0.15) is 0 Å². The van der Waals surface area contributed by atoms with Crippen LogP contribution in [-0.2, 0) is 6.42 Å². The topological polar surface area (TPSA) is 35.2 Å². The smallest absolute Gasteiger partial charge is 0.126 e. The number of methoxy groups -OCH3 is 1. The Kier molecular flexibility index (Phi) is 4.76. The number of nitrogens with two attached hydrogens (primary N) is 1. The molecule has 0 radical (unpaired) electrons. The van der Waals surface area contributed by atoms with Gasteiger partial charge in [0.2, 0.25) is 0 Å². The van der Waals surface area contributed by atoms with Gasteiger partial charge in [-0.25, -0.2) is 0 Å². The van der Waals surface area contributed by atoms with Crippen molar-refractivity contribution < 1.29 is 4.74 Å². The van der Waals surface area contributed by atoms with Crippen LogP contribution in [0.4, 0.5) is 0 Å². The molecule has 0 amide bonds. The van der Waals surface area contributed by atoms with Crippen LogP contribution in [0.2, 0.25) is 0 Å². The van der Waals surface area contributed by atoms with E-state index >= 15 is 0 Å². The lowest BCUT2D eigenvalue weighted by Gasteiger charge is -2.07. The zero-order valence-corrected chi connectivity index (χ0v) is 11.2. The minimum absolute atomic E-state index is 0.661. The van der Waals surface area contributed by atoms with Gasteiger partial charge < -0.3 is 10.5 Å². The van der Waals surface area contributed by atoms with Crippen molar-refractivity contribution in [3.8, 4) is 5.75 Å². The molecule has 0 saturated carbocycles. The molecule has 0 atom stereocenters. The highest BCUT2D eigenvalue weighted by atomic mass is 16.5.